The van der Waals surface area contributed by atoms with E-state index in [0.717, 1.165) is 4.57 Å². The van der Waals surface area contributed by atoms with Crippen molar-refractivity contribution in [2.75, 3.05) is 5.73 Å². The summed E-state index contributed by atoms with van der Waals surface area (Å²) in [6.07, 6.45) is 3.90. The molecule has 0 saturated carbocycles. The first-order valence-corrected chi connectivity index (χ1v) is 7.21. The zero-order chi connectivity index (χ0) is 17.3. The lowest BCUT2D eigenvalue weighted by Crippen LogP contribution is -2.37. The number of halogens is 2. The van der Waals surface area contributed by atoms with E-state index >= 15 is 0 Å². The summed E-state index contributed by atoms with van der Waals surface area (Å²) in [7, 11) is 2.88. The zero-order valence-electron chi connectivity index (χ0n) is 12.3. The molecular weight excluding hydrogens is 341 g/mol. The van der Waals surface area contributed by atoms with E-state index in [0.29, 0.717) is 0 Å². The molecule has 0 aliphatic rings. The molecule has 0 aliphatic heterocycles. The predicted octanol–water partition coefficient (Wildman–Crippen LogP) is 1.87. The summed E-state index contributed by atoms with van der Waals surface area (Å²) in [5.74, 6) is -0.398. The standard InChI is InChI=1S/C15H13Cl2N3O3/c1-19-7-8(14(22)20(2)15(19)23)3-4-12(21)9-5-10(16)13(18)11(17)6-9/h3-7H,18H2,1-2H3. The van der Waals surface area contributed by atoms with Crippen LogP contribution in [0.15, 0.2) is 34.0 Å². The predicted molar refractivity (Wildman–Crippen MR) is 91.2 cm³/mol. The summed E-state index contributed by atoms with van der Waals surface area (Å²) >= 11 is 11.8. The Hall–Kier alpha value is -2.31. The molecule has 23 heavy (non-hydrogen) atoms. The summed E-state index contributed by atoms with van der Waals surface area (Å²) in [5.41, 5.74) is 5.31. The molecule has 0 atom stereocenters. The first-order valence-electron chi connectivity index (χ1n) is 6.46. The Morgan fingerprint density at radius 1 is 1.17 bits per heavy atom. The van der Waals surface area contributed by atoms with Crippen molar-refractivity contribution in [3.63, 3.8) is 0 Å². The van der Waals surface area contributed by atoms with E-state index < -0.39 is 17.0 Å². The molecule has 0 fully saturated rings. The Morgan fingerprint density at radius 3 is 2.30 bits per heavy atom. The van der Waals surface area contributed by atoms with Crippen molar-refractivity contribution in [2.45, 2.75) is 0 Å². The first-order chi connectivity index (χ1) is 10.7. The van der Waals surface area contributed by atoms with Gasteiger partial charge in [-0.1, -0.05) is 23.2 Å². The minimum atomic E-state index is -0.495. The third-order valence-electron chi connectivity index (χ3n) is 3.25. The van der Waals surface area contributed by atoms with Gasteiger partial charge in [0.25, 0.3) is 5.56 Å². The second kappa shape index (κ2) is 6.44. The van der Waals surface area contributed by atoms with Crippen molar-refractivity contribution in [3.05, 3.63) is 66.4 Å². The molecule has 120 valence electrons. The smallest absolute Gasteiger partial charge is 0.330 e. The van der Waals surface area contributed by atoms with E-state index in [1.165, 1.54) is 49.1 Å². The van der Waals surface area contributed by atoms with Crippen LogP contribution in [0.1, 0.15) is 15.9 Å². The van der Waals surface area contributed by atoms with Crippen LogP contribution < -0.4 is 17.0 Å². The number of nitrogens with two attached hydrogens (primary N) is 1. The molecule has 0 amide bonds. The number of anilines is 1. The number of carbonyl (C=O) groups excluding carboxylic acids is 1. The Morgan fingerprint density at radius 2 is 1.74 bits per heavy atom. The molecule has 6 nitrogen and oxygen atoms in total. The largest absolute Gasteiger partial charge is 0.396 e. The van der Waals surface area contributed by atoms with Gasteiger partial charge in [-0.3, -0.25) is 14.2 Å². The van der Waals surface area contributed by atoms with Gasteiger partial charge in [-0.2, -0.15) is 0 Å². The molecule has 2 rings (SSSR count). The van der Waals surface area contributed by atoms with Crippen molar-refractivity contribution >= 4 is 40.7 Å². The molecule has 0 bridgehead atoms. The number of rotatable bonds is 3. The second-order valence-electron chi connectivity index (χ2n) is 4.89. The van der Waals surface area contributed by atoms with Crippen molar-refractivity contribution in [1.29, 1.82) is 0 Å². The van der Waals surface area contributed by atoms with Crippen molar-refractivity contribution < 1.29 is 4.79 Å². The highest BCUT2D eigenvalue weighted by Crippen LogP contribution is 2.29. The topological polar surface area (TPSA) is 87.1 Å². The Kier molecular flexibility index (Phi) is 4.77. The molecule has 0 unspecified atom stereocenters. The van der Waals surface area contributed by atoms with E-state index in [4.69, 9.17) is 28.9 Å². The molecule has 8 heteroatoms. The molecule has 0 aliphatic carbocycles. The lowest BCUT2D eigenvalue weighted by Gasteiger charge is -2.04. The van der Waals surface area contributed by atoms with Crippen LogP contribution in [0.25, 0.3) is 6.08 Å². The van der Waals surface area contributed by atoms with Crippen LogP contribution in [-0.4, -0.2) is 14.9 Å². The van der Waals surface area contributed by atoms with Gasteiger partial charge in [0.05, 0.1) is 21.3 Å². The summed E-state index contributed by atoms with van der Waals surface area (Å²) in [4.78, 5) is 35.7. The quantitative estimate of drug-likeness (QED) is 0.518. The number of allylic oxidation sites excluding steroid dienone is 1. The lowest BCUT2D eigenvalue weighted by molar-refractivity contribution is 0.104. The van der Waals surface area contributed by atoms with Crippen LogP contribution in [0, 0.1) is 0 Å². The van der Waals surface area contributed by atoms with Gasteiger partial charge in [0.2, 0.25) is 0 Å². The third-order valence-corrected chi connectivity index (χ3v) is 3.88. The van der Waals surface area contributed by atoms with E-state index in [1.807, 2.05) is 0 Å². The molecular formula is C15H13Cl2N3O3. The third kappa shape index (κ3) is 3.38. The number of nitrogen functional groups attached to an aromatic ring is 1. The number of hydrogen-bond donors (Lipinski definition) is 1. The average Bonchev–Trinajstić information content (AvgIpc) is 2.51. The van der Waals surface area contributed by atoms with Gasteiger partial charge in [-0.05, 0) is 24.3 Å². The van der Waals surface area contributed by atoms with E-state index in [-0.39, 0.29) is 26.9 Å². The van der Waals surface area contributed by atoms with Crippen LogP contribution in [0.4, 0.5) is 5.69 Å². The summed E-state index contributed by atoms with van der Waals surface area (Å²) in [5, 5.41) is 0.347. The van der Waals surface area contributed by atoms with E-state index in [9.17, 15) is 14.4 Å². The molecule has 0 saturated heterocycles. The first kappa shape index (κ1) is 17.1. The highest BCUT2D eigenvalue weighted by atomic mass is 35.5. The van der Waals surface area contributed by atoms with Crippen LogP contribution in [0.3, 0.4) is 0 Å². The summed E-state index contributed by atoms with van der Waals surface area (Å²) in [6, 6.07) is 2.79. The summed E-state index contributed by atoms with van der Waals surface area (Å²) in [6.45, 7) is 0. The number of nitrogens with zero attached hydrogens (tertiary/aromatic N) is 2. The van der Waals surface area contributed by atoms with E-state index in [1.54, 1.807) is 0 Å². The number of carbonyl (C=O) groups is 1. The SMILES string of the molecule is Cn1cc(C=CC(=O)c2cc(Cl)c(N)c(Cl)c2)c(=O)n(C)c1=O. The average molecular weight is 354 g/mol. The number of aryl methyl sites for hydroxylation is 1. The maximum absolute atomic E-state index is 12.2. The van der Waals surface area contributed by atoms with Gasteiger partial charge < -0.3 is 10.3 Å². The van der Waals surface area contributed by atoms with Gasteiger partial charge in [0.1, 0.15) is 0 Å². The number of ketones is 1. The second-order valence-corrected chi connectivity index (χ2v) is 5.71. The number of aromatic nitrogens is 2. The van der Waals surface area contributed by atoms with Gasteiger partial charge in [-0.15, -0.1) is 0 Å². The molecule has 1 aromatic heterocycles. The Balaban J connectivity index is 2.40. The van der Waals surface area contributed by atoms with Crippen LogP contribution in [0.2, 0.25) is 10.0 Å². The van der Waals surface area contributed by atoms with Crippen LogP contribution in [-0.2, 0) is 14.1 Å². The number of benzene rings is 1. The van der Waals surface area contributed by atoms with Gasteiger partial charge >= 0.3 is 5.69 Å². The van der Waals surface area contributed by atoms with Gasteiger partial charge in [-0.25, -0.2) is 4.79 Å². The van der Waals surface area contributed by atoms with Crippen LogP contribution >= 0.6 is 23.2 Å². The molecule has 1 aromatic carbocycles. The lowest BCUT2D eigenvalue weighted by atomic mass is 10.1. The van der Waals surface area contributed by atoms with E-state index in [2.05, 4.69) is 0 Å². The molecule has 0 radical (unpaired) electrons. The molecule has 0 spiro atoms. The Bertz CT molecular complexity index is 919. The molecule has 2 aromatic rings. The van der Waals surface area contributed by atoms with Crippen molar-refractivity contribution in [1.82, 2.24) is 9.13 Å². The van der Waals surface area contributed by atoms with Crippen molar-refractivity contribution in [2.24, 2.45) is 14.1 Å². The van der Waals surface area contributed by atoms with Gasteiger partial charge in [0.15, 0.2) is 5.78 Å². The maximum atomic E-state index is 12.2. The normalized spacial score (nSPS) is 11.1. The minimum Gasteiger partial charge on any atom is -0.396 e. The fourth-order valence-electron chi connectivity index (χ4n) is 1.94. The van der Waals surface area contributed by atoms with Crippen LogP contribution in [0.5, 0.6) is 0 Å². The minimum absolute atomic E-state index is 0.173. The summed E-state index contributed by atoms with van der Waals surface area (Å²) < 4.78 is 2.21. The van der Waals surface area contributed by atoms with Crippen molar-refractivity contribution in [3.8, 4) is 0 Å². The molecule has 1 heterocycles. The fourth-order valence-corrected chi connectivity index (χ4v) is 2.43. The highest BCUT2D eigenvalue weighted by molar-refractivity contribution is 6.39. The fraction of sp³-hybridized carbons (Fsp3) is 0.133. The zero-order valence-corrected chi connectivity index (χ0v) is 13.9. The number of hydrogen-bond acceptors (Lipinski definition) is 4. The Labute approximate surface area is 141 Å². The maximum Gasteiger partial charge on any atom is 0.330 e. The van der Waals surface area contributed by atoms with Gasteiger partial charge in [0, 0.05) is 25.9 Å². The molecule has 2 N–H and O–H groups in total. The highest BCUT2D eigenvalue weighted by Gasteiger charge is 2.10. The monoisotopic (exact) mass is 353 g/mol.